The van der Waals surface area contributed by atoms with E-state index in [-0.39, 0.29) is 12.2 Å². The minimum atomic E-state index is -2.34. The van der Waals surface area contributed by atoms with Crippen molar-refractivity contribution in [2.24, 2.45) is 0 Å². The van der Waals surface area contributed by atoms with Crippen molar-refractivity contribution < 1.29 is 36.2 Å². The average molecular weight is 436 g/mol. The van der Waals surface area contributed by atoms with Crippen LogP contribution in [0.25, 0.3) is 0 Å². The summed E-state index contributed by atoms with van der Waals surface area (Å²) in [6, 6.07) is 10.9. The smallest absolute Gasteiger partial charge is 0.344 e. The molecule has 0 aliphatic heterocycles. The van der Waals surface area contributed by atoms with Gasteiger partial charge >= 0.3 is 5.97 Å². The standard InChI is InChI=1S/C23H17F5O3/c1-11-9-15(30-10-14-7-5-4-6-8-14)12(2)13(3)16(11)23(29)31-22-20(27)18(25)17(24)19(26)21(22)28/h4-9H,10H2,1-3H3. The van der Waals surface area contributed by atoms with Crippen molar-refractivity contribution in [2.75, 3.05) is 0 Å². The zero-order valence-corrected chi connectivity index (χ0v) is 16.8. The Kier molecular flexibility index (Phi) is 6.29. The van der Waals surface area contributed by atoms with Crippen molar-refractivity contribution in [1.82, 2.24) is 0 Å². The van der Waals surface area contributed by atoms with Gasteiger partial charge in [-0.05, 0) is 49.1 Å². The molecular weight excluding hydrogens is 419 g/mol. The summed E-state index contributed by atoms with van der Waals surface area (Å²) in [4.78, 5) is 12.6. The molecule has 0 amide bonds. The van der Waals surface area contributed by atoms with Crippen LogP contribution in [0, 0.1) is 49.9 Å². The lowest BCUT2D eigenvalue weighted by Gasteiger charge is -2.17. The van der Waals surface area contributed by atoms with Crippen molar-refractivity contribution in [3.8, 4) is 11.5 Å². The molecule has 162 valence electrons. The molecule has 0 aliphatic carbocycles. The van der Waals surface area contributed by atoms with E-state index in [0.29, 0.717) is 22.4 Å². The highest BCUT2D eigenvalue weighted by atomic mass is 19.2. The van der Waals surface area contributed by atoms with Crippen LogP contribution < -0.4 is 9.47 Å². The van der Waals surface area contributed by atoms with Crippen molar-refractivity contribution >= 4 is 5.97 Å². The number of ether oxygens (including phenoxy) is 2. The van der Waals surface area contributed by atoms with Gasteiger partial charge in [0.2, 0.25) is 34.8 Å². The van der Waals surface area contributed by atoms with Gasteiger partial charge in [0.25, 0.3) is 0 Å². The molecule has 0 N–H and O–H groups in total. The number of esters is 1. The zero-order chi connectivity index (χ0) is 22.9. The molecule has 0 aromatic heterocycles. The summed E-state index contributed by atoms with van der Waals surface area (Å²) in [5.41, 5.74) is 2.16. The molecule has 0 saturated heterocycles. The number of rotatable bonds is 5. The van der Waals surface area contributed by atoms with Gasteiger partial charge in [0, 0.05) is 0 Å². The first kappa shape index (κ1) is 22.3. The lowest BCUT2D eigenvalue weighted by molar-refractivity contribution is 0.0714. The minimum Gasteiger partial charge on any atom is -0.489 e. The second-order valence-electron chi connectivity index (χ2n) is 6.88. The molecule has 0 heterocycles. The quantitative estimate of drug-likeness (QED) is 0.159. The highest BCUT2D eigenvalue weighted by Crippen LogP contribution is 2.32. The Morgan fingerprint density at radius 3 is 1.94 bits per heavy atom. The lowest BCUT2D eigenvalue weighted by atomic mass is 9.97. The summed E-state index contributed by atoms with van der Waals surface area (Å²) >= 11 is 0. The topological polar surface area (TPSA) is 35.5 Å². The molecule has 3 aromatic rings. The van der Waals surface area contributed by atoms with Crippen LogP contribution in [0.4, 0.5) is 22.0 Å². The number of halogens is 5. The van der Waals surface area contributed by atoms with E-state index in [4.69, 9.17) is 4.74 Å². The van der Waals surface area contributed by atoms with Gasteiger partial charge in [0.15, 0.2) is 0 Å². The van der Waals surface area contributed by atoms with Crippen LogP contribution in [-0.4, -0.2) is 5.97 Å². The molecule has 0 aliphatic rings. The Labute approximate surface area is 175 Å². The highest BCUT2D eigenvalue weighted by Gasteiger charge is 2.30. The van der Waals surface area contributed by atoms with Gasteiger partial charge in [-0.1, -0.05) is 30.3 Å². The number of hydrogen-bond donors (Lipinski definition) is 0. The number of benzene rings is 3. The van der Waals surface area contributed by atoms with Crippen LogP contribution >= 0.6 is 0 Å². The fourth-order valence-electron chi connectivity index (χ4n) is 3.06. The number of carbonyl (C=O) groups excluding carboxylic acids is 1. The number of hydrogen-bond acceptors (Lipinski definition) is 3. The summed E-state index contributed by atoms with van der Waals surface area (Å²) in [6.45, 7) is 5.04. The molecule has 0 saturated carbocycles. The van der Waals surface area contributed by atoms with Gasteiger partial charge in [-0.3, -0.25) is 0 Å². The predicted octanol–water partition coefficient (Wildman–Crippen LogP) is 6.11. The Morgan fingerprint density at radius 1 is 0.806 bits per heavy atom. The van der Waals surface area contributed by atoms with E-state index in [9.17, 15) is 26.7 Å². The molecule has 0 spiro atoms. The van der Waals surface area contributed by atoms with Crippen LogP contribution in [-0.2, 0) is 6.61 Å². The van der Waals surface area contributed by atoms with Crippen LogP contribution in [0.15, 0.2) is 36.4 Å². The molecule has 3 nitrogen and oxygen atoms in total. The molecule has 31 heavy (non-hydrogen) atoms. The molecule has 3 rings (SSSR count). The van der Waals surface area contributed by atoms with E-state index in [2.05, 4.69) is 4.74 Å². The van der Waals surface area contributed by atoms with Gasteiger partial charge in [0.05, 0.1) is 5.56 Å². The van der Waals surface area contributed by atoms with Crippen LogP contribution in [0.5, 0.6) is 11.5 Å². The predicted molar refractivity (Wildman–Crippen MR) is 103 cm³/mol. The van der Waals surface area contributed by atoms with Crippen LogP contribution in [0.3, 0.4) is 0 Å². The zero-order valence-electron chi connectivity index (χ0n) is 16.8. The van der Waals surface area contributed by atoms with E-state index in [0.717, 1.165) is 5.56 Å². The fourth-order valence-corrected chi connectivity index (χ4v) is 3.06. The molecular formula is C23H17F5O3. The van der Waals surface area contributed by atoms with E-state index in [1.165, 1.54) is 6.92 Å². The first-order valence-electron chi connectivity index (χ1n) is 9.14. The summed E-state index contributed by atoms with van der Waals surface area (Å²) in [5, 5.41) is 0. The maximum Gasteiger partial charge on any atom is 0.344 e. The van der Waals surface area contributed by atoms with Crippen molar-refractivity contribution in [3.05, 3.63) is 93.3 Å². The van der Waals surface area contributed by atoms with Crippen molar-refractivity contribution in [1.29, 1.82) is 0 Å². The monoisotopic (exact) mass is 436 g/mol. The molecule has 0 atom stereocenters. The second-order valence-corrected chi connectivity index (χ2v) is 6.88. The van der Waals surface area contributed by atoms with E-state index >= 15 is 0 Å². The number of aryl methyl sites for hydroxylation is 1. The van der Waals surface area contributed by atoms with Crippen molar-refractivity contribution in [3.63, 3.8) is 0 Å². The average Bonchev–Trinajstić information content (AvgIpc) is 2.76. The largest absolute Gasteiger partial charge is 0.489 e. The lowest BCUT2D eigenvalue weighted by Crippen LogP contribution is -2.17. The summed E-state index contributed by atoms with van der Waals surface area (Å²) in [7, 11) is 0. The number of carbonyl (C=O) groups is 1. The SMILES string of the molecule is Cc1cc(OCc2ccccc2)c(C)c(C)c1C(=O)Oc1c(F)c(F)c(F)c(F)c1F. The third-order valence-corrected chi connectivity index (χ3v) is 4.85. The molecule has 0 radical (unpaired) electrons. The Morgan fingerprint density at radius 2 is 1.35 bits per heavy atom. The molecule has 0 unspecified atom stereocenters. The maximum atomic E-state index is 13.9. The van der Waals surface area contributed by atoms with Gasteiger partial charge in [-0.25, -0.2) is 18.0 Å². The van der Waals surface area contributed by atoms with Gasteiger partial charge in [0.1, 0.15) is 12.4 Å². The molecule has 0 bridgehead atoms. The third-order valence-electron chi connectivity index (χ3n) is 4.85. The first-order valence-corrected chi connectivity index (χ1v) is 9.14. The summed E-state index contributed by atoms with van der Waals surface area (Å²) in [5.74, 6) is -13.6. The maximum absolute atomic E-state index is 13.9. The highest BCUT2D eigenvalue weighted by molar-refractivity contribution is 5.95. The van der Waals surface area contributed by atoms with Crippen LogP contribution in [0.2, 0.25) is 0 Å². The summed E-state index contributed by atoms with van der Waals surface area (Å²) in [6.07, 6.45) is 0. The van der Waals surface area contributed by atoms with E-state index < -0.39 is 40.8 Å². The molecule has 3 aromatic carbocycles. The Balaban J connectivity index is 1.92. The van der Waals surface area contributed by atoms with Crippen molar-refractivity contribution in [2.45, 2.75) is 27.4 Å². The van der Waals surface area contributed by atoms with Crippen LogP contribution in [0.1, 0.15) is 32.6 Å². The van der Waals surface area contributed by atoms with E-state index in [1.54, 1.807) is 19.9 Å². The second kappa shape index (κ2) is 8.75. The molecule has 0 fully saturated rings. The van der Waals surface area contributed by atoms with Gasteiger partial charge < -0.3 is 9.47 Å². The molecule has 8 heteroatoms. The van der Waals surface area contributed by atoms with E-state index in [1.807, 2.05) is 30.3 Å². The first-order chi connectivity index (χ1) is 14.6. The summed E-state index contributed by atoms with van der Waals surface area (Å²) < 4.78 is 78.1. The third kappa shape index (κ3) is 4.23. The van der Waals surface area contributed by atoms with Gasteiger partial charge in [-0.2, -0.15) is 8.78 Å². The van der Waals surface area contributed by atoms with Gasteiger partial charge in [-0.15, -0.1) is 0 Å². The Hall–Kier alpha value is -3.42. The Bertz CT molecular complexity index is 1130. The normalized spacial score (nSPS) is 10.8. The minimum absolute atomic E-state index is 0.0616. The fraction of sp³-hybridized carbons (Fsp3) is 0.174.